The highest BCUT2D eigenvalue weighted by Gasteiger charge is 2.37. The van der Waals surface area contributed by atoms with Crippen molar-refractivity contribution in [1.29, 1.82) is 0 Å². The highest BCUT2D eigenvalue weighted by molar-refractivity contribution is 5.93. The number of pyridine rings is 1. The van der Waals surface area contributed by atoms with Gasteiger partial charge in [0, 0.05) is 37.1 Å². The molecule has 138 valence electrons. The van der Waals surface area contributed by atoms with Crippen LogP contribution in [0, 0.1) is 0 Å². The van der Waals surface area contributed by atoms with E-state index in [-0.39, 0.29) is 23.0 Å². The van der Waals surface area contributed by atoms with Crippen LogP contribution in [0.4, 0.5) is 0 Å². The summed E-state index contributed by atoms with van der Waals surface area (Å²) < 4.78 is 10.9. The van der Waals surface area contributed by atoms with E-state index in [0.717, 1.165) is 5.56 Å². The van der Waals surface area contributed by atoms with Gasteiger partial charge in [0.1, 0.15) is 5.58 Å². The van der Waals surface area contributed by atoms with Crippen LogP contribution in [-0.2, 0) is 0 Å². The number of likely N-dealkylation sites (tertiary alicyclic amines) is 1. The van der Waals surface area contributed by atoms with Crippen molar-refractivity contribution < 1.29 is 13.7 Å². The smallest absolute Gasteiger partial charge is 0.289 e. The zero-order chi connectivity index (χ0) is 19.1. The Bertz CT molecular complexity index is 1230. The summed E-state index contributed by atoms with van der Waals surface area (Å²) in [5.74, 6) is 0.597. The summed E-state index contributed by atoms with van der Waals surface area (Å²) in [7, 11) is 0. The number of hydrogen-bond acceptors (Lipinski definition) is 7. The monoisotopic (exact) mass is 374 g/mol. The van der Waals surface area contributed by atoms with Gasteiger partial charge in [-0.2, -0.15) is 4.98 Å². The first-order valence-electron chi connectivity index (χ1n) is 8.75. The van der Waals surface area contributed by atoms with E-state index in [9.17, 15) is 9.59 Å². The molecule has 1 aliphatic heterocycles. The topological polar surface area (TPSA) is 102 Å². The van der Waals surface area contributed by atoms with Crippen molar-refractivity contribution in [3.8, 4) is 11.4 Å². The van der Waals surface area contributed by atoms with E-state index in [1.54, 1.807) is 47.6 Å². The molecule has 0 atom stereocenters. The molecule has 8 nitrogen and oxygen atoms in total. The van der Waals surface area contributed by atoms with Crippen LogP contribution < -0.4 is 5.43 Å². The Kier molecular flexibility index (Phi) is 3.75. The predicted octanol–water partition coefficient (Wildman–Crippen LogP) is 2.48. The third-order valence-electron chi connectivity index (χ3n) is 4.72. The van der Waals surface area contributed by atoms with Gasteiger partial charge in [-0.3, -0.25) is 14.6 Å². The number of carbonyl (C=O) groups is 1. The lowest BCUT2D eigenvalue weighted by atomic mass is 9.99. The maximum Gasteiger partial charge on any atom is 0.289 e. The average molecular weight is 374 g/mol. The molecule has 1 fully saturated rings. The molecule has 4 heterocycles. The second-order valence-electron chi connectivity index (χ2n) is 6.58. The van der Waals surface area contributed by atoms with E-state index in [4.69, 9.17) is 8.94 Å². The molecule has 1 aromatic carbocycles. The molecule has 0 saturated carbocycles. The van der Waals surface area contributed by atoms with Gasteiger partial charge in [-0.1, -0.05) is 17.3 Å². The third-order valence-corrected chi connectivity index (χ3v) is 4.72. The summed E-state index contributed by atoms with van der Waals surface area (Å²) >= 11 is 0. The number of nitrogens with zero attached hydrogens (tertiary/aromatic N) is 4. The van der Waals surface area contributed by atoms with E-state index in [1.165, 1.54) is 6.07 Å². The summed E-state index contributed by atoms with van der Waals surface area (Å²) in [6.45, 7) is 0.841. The first-order valence-corrected chi connectivity index (χ1v) is 8.75. The van der Waals surface area contributed by atoms with E-state index >= 15 is 0 Å². The number of para-hydroxylation sites is 1. The minimum Gasteiger partial charge on any atom is -0.451 e. The van der Waals surface area contributed by atoms with Gasteiger partial charge < -0.3 is 13.8 Å². The van der Waals surface area contributed by atoms with E-state index < -0.39 is 0 Å². The maximum absolute atomic E-state index is 12.6. The third kappa shape index (κ3) is 2.75. The van der Waals surface area contributed by atoms with Crippen LogP contribution in [0.2, 0.25) is 0 Å². The van der Waals surface area contributed by atoms with Gasteiger partial charge in [-0.25, -0.2) is 0 Å². The van der Waals surface area contributed by atoms with Crippen molar-refractivity contribution >= 4 is 16.9 Å². The molecule has 5 rings (SSSR count). The molecule has 28 heavy (non-hydrogen) atoms. The quantitative estimate of drug-likeness (QED) is 0.543. The van der Waals surface area contributed by atoms with Crippen LogP contribution in [0.25, 0.3) is 22.4 Å². The lowest BCUT2D eigenvalue weighted by Crippen LogP contribution is -2.48. The molecule has 0 spiro atoms. The number of fused-ring (bicyclic) bond motifs is 1. The standard InChI is InChI=1S/C20H14N4O4/c25-15-8-17(27-16-6-2-1-5-14(15)16)20(26)24-10-13(11-24)19-22-18(23-28-19)12-4-3-7-21-9-12/h1-9,13H,10-11H2. The molecular weight excluding hydrogens is 360 g/mol. The first-order chi connectivity index (χ1) is 13.7. The number of benzene rings is 1. The van der Waals surface area contributed by atoms with E-state index in [0.29, 0.717) is 35.8 Å². The zero-order valence-corrected chi connectivity index (χ0v) is 14.6. The molecule has 3 aromatic heterocycles. The van der Waals surface area contributed by atoms with Crippen molar-refractivity contribution in [1.82, 2.24) is 20.0 Å². The Morgan fingerprint density at radius 1 is 1.14 bits per heavy atom. The molecular formula is C20H14N4O4. The SMILES string of the molecule is O=C(c1cc(=O)c2ccccc2o1)N1CC(c2nc(-c3cccnc3)no2)C1. The molecule has 4 aromatic rings. The number of rotatable bonds is 3. The molecule has 0 unspecified atom stereocenters. The maximum atomic E-state index is 12.6. The van der Waals surface area contributed by atoms with Crippen LogP contribution in [0.15, 0.2) is 68.6 Å². The Morgan fingerprint density at radius 3 is 2.82 bits per heavy atom. The number of hydrogen-bond donors (Lipinski definition) is 0. The minimum atomic E-state index is -0.328. The van der Waals surface area contributed by atoms with Gasteiger partial charge in [-0.05, 0) is 24.3 Å². The van der Waals surface area contributed by atoms with Gasteiger partial charge in [0.05, 0.1) is 11.3 Å². The first kappa shape index (κ1) is 16.4. The Labute approximate surface area is 158 Å². The molecule has 1 amide bonds. The van der Waals surface area contributed by atoms with Crippen LogP contribution >= 0.6 is 0 Å². The highest BCUT2D eigenvalue weighted by atomic mass is 16.5. The fraction of sp³-hybridized carbons (Fsp3) is 0.150. The number of carbonyl (C=O) groups excluding carboxylic acids is 1. The van der Waals surface area contributed by atoms with Gasteiger partial charge in [0.15, 0.2) is 11.2 Å². The van der Waals surface area contributed by atoms with E-state index in [2.05, 4.69) is 15.1 Å². The van der Waals surface area contributed by atoms with Crippen molar-refractivity contribution in [2.45, 2.75) is 5.92 Å². The minimum absolute atomic E-state index is 0.0312. The Balaban J connectivity index is 1.31. The molecule has 0 N–H and O–H groups in total. The van der Waals surface area contributed by atoms with Crippen molar-refractivity contribution in [2.75, 3.05) is 13.1 Å². The molecule has 1 saturated heterocycles. The number of amides is 1. The number of aromatic nitrogens is 3. The van der Waals surface area contributed by atoms with Crippen LogP contribution in [0.5, 0.6) is 0 Å². The van der Waals surface area contributed by atoms with Gasteiger partial charge in [-0.15, -0.1) is 0 Å². The summed E-state index contributed by atoms with van der Waals surface area (Å²) in [4.78, 5) is 34.9. The second kappa shape index (κ2) is 6.41. The Hall–Kier alpha value is -3.81. The van der Waals surface area contributed by atoms with Crippen molar-refractivity contribution in [2.24, 2.45) is 0 Å². The largest absolute Gasteiger partial charge is 0.451 e. The fourth-order valence-corrected chi connectivity index (χ4v) is 3.18. The van der Waals surface area contributed by atoms with Gasteiger partial charge in [0.2, 0.25) is 11.7 Å². The Morgan fingerprint density at radius 2 is 2.00 bits per heavy atom. The summed E-state index contributed by atoms with van der Waals surface area (Å²) in [5.41, 5.74) is 0.927. The average Bonchev–Trinajstić information content (AvgIpc) is 3.17. The lowest BCUT2D eigenvalue weighted by Gasteiger charge is -2.36. The molecule has 0 radical (unpaired) electrons. The molecule has 8 heteroatoms. The van der Waals surface area contributed by atoms with Crippen LogP contribution in [-0.4, -0.2) is 39.0 Å². The zero-order valence-electron chi connectivity index (χ0n) is 14.6. The molecule has 1 aliphatic rings. The highest BCUT2D eigenvalue weighted by Crippen LogP contribution is 2.29. The second-order valence-corrected chi connectivity index (χ2v) is 6.58. The summed E-state index contributed by atoms with van der Waals surface area (Å²) in [6, 6.07) is 11.7. The van der Waals surface area contributed by atoms with Crippen LogP contribution in [0.3, 0.4) is 0 Å². The summed E-state index contributed by atoms with van der Waals surface area (Å²) in [5, 5.41) is 4.43. The summed E-state index contributed by atoms with van der Waals surface area (Å²) in [6.07, 6.45) is 3.33. The van der Waals surface area contributed by atoms with Crippen molar-refractivity contribution in [3.63, 3.8) is 0 Å². The fourth-order valence-electron chi connectivity index (χ4n) is 3.18. The van der Waals surface area contributed by atoms with Gasteiger partial charge in [0.25, 0.3) is 5.91 Å². The van der Waals surface area contributed by atoms with Crippen LogP contribution in [0.1, 0.15) is 22.4 Å². The van der Waals surface area contributed by atoms with Gasteiger partial charge >= 0.3 is 0 Å². The molecule has 0 aliphatic carbocycles. The van der Waals surface area contributed by atoms with E-state index in [1.807, 2.05) is 6.07 Å². The lowest BCUT2D eigenvalue weighted by molar-refractivity contribution is 0.0537. The predicted molar refractivity (Wildman–Crippen MR) is 98.7 cm³/mol. The normalized spacial score (nSPS) is 14.2. The molecule has 0 bridgehead atoms. The van der Waals surface area contributed by atoms with Crippen molar-refractivity contribution in [3.05, 3.63) is 76.7 Å².